The number of hydrogen-bond donors (Lipinski definition) is 1. The number of benzene rings is 2. The number of amides is 1. The Hall–Kier alpha value is -3.39. The lowest BCUT2D eigenvalue weighted by molar-refractivity contribution is 0.102. The van der Waals surface area contributed by atoms with Gasteiger partial charge in [-0.25, -0.2) is 18.4 Å². The fraction of sp³-hybridized carbons (Fsp3) is 0.0952. The summed E-state index contributed by atoms with van der Waals surface area (Å²) >= 11 is 1.23. The number of halogens is 2. The van der Waals surface area contributed by atoms with Crippen LogP contribution in [0.15, 0.2) is 60.8 Å². The molecule has 4 rings (SSSR count). The molecule has 5 nitrogen and oxygen atoms in total. The first-order chi connectivity index (χ1) is 14.0. The smallest absolute Gasteiger partial charge is 0.277 e. The molecule has 2 aromatic heterocycles. The van der Waals surface area contributed by atoms with Crippen LogP contribution in [-0.2, 0) is 6.42 Å². The van der Waals surface area contributed by atoms with E-state index in [1.165, 1.54) is 23.5 Å². The number of nitrogens with zero attached hydrogens (tertiary/aromatic N) is 3. The summed E-state index contributed by atoms with van der Waals surface area (Å²) in [5, 5.41) is 7.47. The van der Waals surface area contributed by atoms with Gasteiger partial charge in [0.25, 0.3) is 5.91 Å². The standard InChI is InChI=1S/C21H16F2N4OS/c1-13-9-19(26-27(13)16-5-3-2-4-6-16)20(28)25-21-24-12-17(29-21)10-14-7-8-15(22)11-18(14)23/h2-9,11-12H,10H2,1H3,(H,24,25,28). The van der Waals surface area contributed by atoms with Crippen molar-refractivity contribution in [2.24, 2.45) is 0 Å². The van der Waals surface area contributed by atoms with E-state index in [-0.39, 0.29) is 18.0 Å². The van der Waals surface area contributed by atoms with Crippen LogP contribution in [0.2, 0.25) is 0 Å². The Bertz CT molecular complexity index is 1170. The van der Waals surface area contributed by atoms with Crippen molar-refractivity contribution in [1.82, 2.24) is 14.8 Å². The highest BCUT2D eigenvalue weighted by molar-refractivity contribution is 7.15. The number of carbonyl (C=O) groups is 1. The Labute approximate surface area is 169 Å². The molecule has 0 saturated carbocycles. The molecule has 0 fully saturated rings. The molecule has 2 aromatic carbocycles. The van der Waals surface area contributed by atoms with Gasteiger partial charge in [0.2, 0.25) is 0 Å². The Morgan fingerprint density at radius 2 is 1.93 bits per heavy atom. The maximum atomic E-state index is 13.8. The molecular formula is C21H16F2N4OS. The minimum absolute atomic E-state index is 0.265. The summed E-state index contributed by atoms with van der Waals surface area (Å²) in [7, 11) is 0. The second kappa shape index (κ2) is 7.92. The van der Waals surface area contributed by atoms with E-state index in [0.29, 0.717) is 10.7 Å². The van der Waals surface area contributed by atoms with Gasteiger partial charge >= 0.3 is 0 Å². The first-order valence-electron chi connectivity index (χ1n) is 8.81. The molecule has 0 bridgehead atoms. The van der Waals surface area contributed by atoms with Crippen molar-refractivity contribution in [1.29, 1.82) is 0 Å². The molecular weight excluding hydrogens is 394 g/mol. The number of nitrogens with one attached hydrogen (secondary N) is 1. The Balaban J connectivity index is 1.47. The maximum absolute atomic E-state index is 13.8. The van der Waals surface area contributed by atoms with Crippen molar-refractivity contribution in [3.8, 4) is 5.69 Å². The minimum Gasteiger partial charge on any atom is -0.296 e. The predicted molar refractivity (Wildman–Crippen MR) is 108 cm³/mol. The molecule has 0 aliphatic heterocycles. The van der Waals surface area contributed by atoms with E-state index in [1.54, 1.807) is 16.9 Å². The van der Waals surface area contributed by atoms with E-state index in [4.69, 9.17) is 0 Å². The fourth-order valence-corrected chi connectivity index (χ4v) is 3.71. The van der Waals surface area contributed by atoms with Crippen molar-refractivity contribution in [3.63, 3.8) is 0 Å². The fourth-order valence-electron chi connectivity index (χ4n) is 2.88. The summed E-state index contributed by atoms with van der Waals surface area (Å²) < 4.78 is 28.5. The largest absolute Gasteiger partial charge is 0.296 e. The van der Waals surface area contributed by atoms with Gasteiger partial charge in [0.1, 0.15) is 11.6 Å². The summed E-state index contributed by atoms with van der Waals surface area (Å²) in [5.74, 6) is -1.60. The maximum Gasteiger partial charge on any atom is 0.277 e. The Kier molecular flexibility index (Phi) is 5.18. The van der Waals surface area contributed by atoms with Crippen molar-refractivity contribution >= 4 is 22.4 Å². The van der Waals surface area contributed by atoms with E-state index < -0.39 is 11.6 Å². The van der Waals surface area contributed by atoms with Gasteiger partial charge < -0.3 is 0 Å². The molecule has 29 heavy (non-hydrogen) atoms. The molecule has 8 heteroatoms. The highest BCUT2D eigenvalue weighted by Crippen LogP contribution is 2.23. The van der Waals surface area contributed by atoms with Crippen LogP contribution in [0.4, 0.5) is 13.9 Å². The molecule has 0 aliphatic rings. The second-order valence-corrected chi connectivity index (χ2v) is 7.53. The van der Waals surface area contributed by atoms with Gasteiger partial charge in [-0.3, -0.25) is 10.1 Å². The number of carbonyl (C=O) groups excluding carboxylic acids is 1. The monoisotopic (exact) mass is 410 g/mol. The lowest BCUT2D eigenvalue weighted by atomic mass is 10.1. The van der Waals surface area contributed by atoms with E-state index in [0.717, 1.165) is 22.3 Å². The third-order valence-electron chi connectivity index (χ3n) is 4.27. The minimum atomic E-state index is -0.617. The number of rotatable bonds is 5. The topological polar surface area (TPSA) is 59.8 Å². The molecule has 0 aliphatic carbocycles. The Morgan fingerprint density at radius 1 is 1.14 bits per heavy atom. The number of aryl methyl sites for hydroxylation is 1. The zero-order valence-corrected chi connectivity index (χ0v) is 16.2. The van der Waals surface area contributed by atoms with Gasteiger partial charge in [0.15, 0.2) is 10.8 Å². The van der Waals surface area contributed by atoms with E-state index in [1.807, 2.05) is 37.3 Å². The number of para-hydroxylation sites is 1. The molecule has 0 radical (unpaired) electrons. The zero-order valence-electron chi connectivity index (χ0n) is 15.4. The van der Waals surface area contributed by atoms with E-state index >= 15 is 0 Å². The van der Waals surface area contributed by atoms with Crippen molar-refractivity contribution < 1.29 is 13.6 Å². The first kappa shape index (κ1) is 18.9. The lowest BCUT2D eigenvalue weighted by Gasteiger charge is -2.03. The third-order valence-corrected chi connectivity index (χ3v) is 5.19. The van der Waals surface area contributed by atoms with Crippen LogP contribution in [0, 0.1) is 18.6 Å². The molecule has 146 valence electrons. The molecule has 0 atom stereocenters. The third kappa shape index (κ3) is 4.22. The van der Waals surface area contributed by atoms with Crippen molar-refractivity contribution in [3.05, 3.63) is 94.3 Å². The van der Waals surface area contributed by atoms with Crippen molar-refractivity contribution in [2.45, 2.75) is 13.3 Å². The van der Waals surface area contributed by atoms with Gasteiger partial charge in [0.05, 0.1) is 5.69 Å². The van der Waals surface area contributed by atoms with Crippen LogP contribution in [-0.4, -0.2) is 20.7 Å². The van der Waals surface area contributed by atoms with Crippen LogP contribution in [0.1, 0.15) is 26.6 Å². The van der Waals surface area contributed by atoms with Crippen LogP contribution in [0.3, 0.4) is 0 Å². The summed E-state index contributed by atoms with van der Waals surface area (Å²) in [4.78, 5) is 17.5. The highest BCUT2D eigenvalue weighted by Gasteiger charge is 2.15. The Morgan fingerprint density at radius 3 is 2.69 bits per heavy atom. The van der Waals surface area contributed by atoms with Crippen LogP contribution < -0.4 is 5.32 Å². The number of thiazole rings is 1. The molecule has 0 unspecified atom stereocenters. The summed E-state index contributed by atoms with van der Waals surface area (Å²) in [6.07, 6.45) is 1.83. The molecule has 4 aromatic rings. The van der Waals surface area contributed by atoms with E-state index in [2.05, 4.69) is 15.4 Å². The summed E-state index contributed by atoms with van der Waals surface area (Å²) in [6.45, 7) is 1.87. The molecule has 2 heterocycles. The van der Waals surface area contributed by atoms with Crippen LogP contribution in [0.25, 0.3) is 5.69 Å². The molecule has 0 spiro atoms. The van der Waals surface area contributed by atoms with Gasteiger partial charge in [-0.1, -0.05) is 24.3 Å². The van der Waals surface area contributed by atoms with Gasteiger partial charge in [0, 0.05) is 29.3 Å². The van der Waals surface area contributed by atoms with Gasteiger partial charge in [-0.2, -0.15) is 5.10 Å². The zero-order chi connectivity index (χ0) is 20.4. The second-order valence-electron chi connectivity index (χ2n) is 6.42. The first-order valence-corrected chi connectivity index (χ1v) is 9.63. The highest BCUT2D eigenvalue weighted by atomic mass is 32.1. The van der Waals surface area contributed by atoms with Gasteiger partial charge in [-0.05, 0) is 36.8 Å². The summed E-state index contributed by atoms with van der Waals surface area (Å²) in [6, 6.07) is 14.7. The normalized spacial score (nSPS) is 10.9. The SMILES string of the molecule is Cc1cc(C(=O)Nc2ncc(Cc3ccc(F)cc3F)s2)nn1-c1ccccc1. The lowest BCUT2D eigenvalue weighted by Crippen LogP contribution is -2.12. The van der Waals surface area contributed by atoms with Gasteiger partial charge in [-0.15, -0.1) is 11.3 Å². The molecule has 1 amide bonds. The number of anilines is 1. The van der Waals surface area contributed by atoms with Crippen LogP contribution >= 0.6 is 11.3 Å². The quantitative estimate of drug-likeness (QED) is 0.516. The summed E-state index contributed by atoms with van der Waals surface area (Å²) in [5.41, 5.74) is 2.33. The number of aromatic nitrogens is 3. The van der Waals surface area contributed by atoms with Crippen molar-refractivity contribution in [2.75, 3.05) is 5.32 Å². The van der Waals surface area contributed by atoms with Crippen LogP contribution in [0.5, 0.6) is 0 Å². The average Bonchev–Trinajstić information content (AvgIpc) is 3.31. The number of hydrogen-bond acceptors (Lipinski definition) is 4. The molecule has 1 N–H and O–H groups in total. The predicted octanol–water partition coefficient (Wildman–Crippen LogP) is 4.76. The van der Waals surface area contributed by atoms with E-state index in [9.17, 15) is 13.6 Å². The molecule has 0 saturated heterocycles. The average molecular weight is 410 g/mol.